The van der Waals surface area contributed by atoms with Gasteiger partial charge in [0.05, 0.1) is 11.9 Å². The topological polar surface area (TPSA) is 35.2 Å². The molecule has 2 aliphatic heterocycles. The zero-order valence-electron chi connectivity index (χ0n) is 30.8. The van der Waals surface area contributed by atoms with Crippen LogP contribution in [0, 0.1) is 45.6 Å². The zero-order chi connectivity index (χ0) is 35.5. The molecule has 1 unspecified atom stereocenters. The van der Waals surface area contributed by atoms with Crippen molar-refractivity contribution in [3.05, 3.63) is 160 Å². The molecule has 0 bridgehead atoms. The molecular formula is C45H44FIrN4. The van der Waals surface area contributed by atoms with Gasteiger partial charge in [-0.2, -0.15) is 41.0 Å². The molecule has 1 aromatic heterocycles. The summed E-state index contributed by atoms with van der Waals surface area (Å²) in [5, 5.41) is 9.52. The fourth-order valence-electron chi connectivity index (χ4n) is 7.62. The van der Waals surface area contributed by atoms with Crippen LogP contribution in [0.15, 0.2) is 97.2 Å². The summed E-state index contributed by atoms with van der Waals surface area (Å²) in [5.74, 6) is -0.271. The summed E-state index contributed by atoms with van der Waals surface area (Å²) in [5.41, 5.74) is 16.4. The first-order valence-corrected chi connectivity index (χ1v) is 17.3. The van der Waals surface area contributed by atoms with E-state index in [1.807, 2.05) is 37.5 Å². The molecule has 0 amide bonds. The van der Waals surface area contributed by atoms with E-state index in [-0.39, 0.29) is 42.9 Å². The molecule has 8 rings (SSSR count). The molecule has 4 nitrogen and oxygen atoms in total. The Balaban J connectivity index is 0.000000209. The Kier molecular flexibility index (Phi) is 9.65. The summed E-state index contributed by atoms with van der Waals surface area (Å²) in [6.07, 6.45) is 1.94. The molecule has 0 radical (unpaired) electrons. The Morgan fingerprint density at radius 2 is 1.35 bits per heavy atom. The number of nitrogens with zero attached hydrogens (tertiary/aromatic N) is 4. The van der Waals surface area contributed by atoms with E-state index < -0.39 is 0 Å². The molecule has 0 N–H and O–H groups in total. The fourth-order valence-corrected chi connectivity index (χ4v) is 7.62. The van der Waals surface area contributed by atoms with Crippen molar-refractivity contribution in [3.8, 4) is 27.9 Å². The maximum absolute atomic E-state index is 12.9. The van der Waals surface area contributed by atoms with Gasteiger partial charge in [-0.15, -0.1) is 28.9 Å². The Morgan fingerprint density at radius 3 is 1.96 bits per heavy atom. The molecule has 0 fully saturated rings. The number of hydrogen-bond donors (Lipinski definition) is 0. The van der Waals surface area contributed by atoms with Crippen molar-refractivity contribution in [2.45, 2.75) is 72.4 Å². The standard InChI is InChI=1S/C31H33N2.C14H11FN2.Ir/c1-19-11-20(2)14-24(13-19)23-9-10-28-27(17-23)30(5,6)31(7,8)29-26(18-32-33(28)29)25-15-21(3)12-22(4)16-25;1-17-13-5-3-2-4-12(13)16-14(17)10-6-8-11(15)9-7-10;/h9,11-18H,1-8H3;2-6,8-9,14H,1H3;/q-1;-2;+3. The second-order valence-corrected chi connectivity index (χ2v) is 15.0. The second kappa shape index (κ2) is 13.6. The van der Waals surface area contributed by atoms with Crippen molar-refractivity contribution < 1.29 is 24.5 Å². The van der Waals surface area contributed by atoms with Gasteiger partial charge >= 0.3 is 20.1 Å². The molecule has 51 heavy (non-hydrogen) atoms. The summed E-state index contributed by atoms with van der Waals surface area (Å²) < 4.78 is 15.0. The SMILES string of the molecule is CN1c2ccccc2[N-]C1c1[c-]cc(F)cc1.Cc1cc(C)cc(-c2c[c-]c3c(c2)C(C)(C)C(C)(C)c2c(-c4cc(C)cc(C)c4)cnn2-3)c1.[Ir+3]. The predicted octanol–water partition coefficient (Wildman–Crippen LogP) is 11.6. The van der Waals surface area contributed by atoms with Crippen LogP contribution in [0.1, 0.15) is 72.9 Å². The summed E-state index contributed by atoms with van der Waals surface area (Å²) >= 11 is 0. The summed E-state index contributed by atoms with van der Waals surface area (Å²) in [6.45, 7) is 18.1. The number of anilines is 1. The Labute approximate surface area is 316 Å². The summed E-state index contributed by atoms with van der Waals surface area (Å²) in [6, 6.07) is 37.1. The van der Waals surface area contributed by atoms with E-state index in [4.69, 9.17) is 5.10 Å². The van der Waals surface area contributed by atoms with Crippen molar-refractivity contribution in [3.63, 3.8) is 0 Å². The third kappa shape index (κ3) is 6.45. The molecule has 0 spiro atoms. The molecule has 6 aromatic rings. The van der Waals surface area contributed by atoms with Crippen LogP contribution in [-0.2, 0) is 30.9 Å². The molecule has 5 aromatic carbocycles. The van der Waals surface area contributed by atoms with Gasteiger partial charge in [-0.3, -0.25) is 9.07 Å². The normalized spacial score (nSPS) is 16.1. The molecule has 260 valence electrons. The first-order chi connectivity index (χ1) is 23.7. The van der Waals surface area contributed by atoms with Gasteiger partial charge in [-0.1, -0.05) is 110 Å². The van der Waals surface area contributed by atoms with Gasteiger partial charge in [0.15, 0.2) is 0 Å². The third-order valence-corrected chi connectivity index (χ3v) is 10.8. The van der Waals surface area contributed by atoms with Gasteiger partial charge in [-0.25, -0.2) is 0 Å². The Bertz CT molecular complexity index is 2190. The molecular weight excluding hydrogens is 808 g/mol. The smallest absolute Gasteiger partial charge is 0.661 e. The number of aryl methyl sites for hydroxylation is 4. The summed E-state index contributed by atoms with van der Waals surface area (Å²) in [7, 11) is 1.98. The van der Waals surface area contributed by atoms with E-state index in [0.717, 1.165) is 22.6 Å². The van der Waals surface area contributed by atoms with Crippen LogP contribution in [0.4, 0.5) is 15.8 Å². The molecule has 0 saturated heterocycles. The minimum atomic E-state index is -0.271. The number of para-hydroxylation sites is 2. The Hall–Kier alpha value is -4.51. The number of aromatic nitrogens is 2. The van der Waals surface area contributed by atoms with Gasteiger partial charge < -0.3 is 10.2 Å². The number of fused-ring (bicyclic) bond motifs is 4. The minimum Gasteiger partial charge on any atom is -0.661 e. The largest absolute Gasteiger partial charge is 3.00 e. The molecule has 1 atom stereocenters. The number of rotatable bonds is 3. The van der Waals surface area contributed by atoms with E-state index in [1.54, 1.807) is 6.07 Å². The Morgan fingerprint density at radius 1 is 0.725 bits per heavy atom. The van der Waals surface area contributed by atoms with Crippen LogP contribution < -0.4 is 4.90 Å². The van der Waals surface area contributed by atoms with Gasteiger partial charge in [0.25, 0.3) is 0 Å². The van der Waals surface area contributed by atoms with Crippen molar-refractivity contribution in [2.75, 3.05) is 11.9 Å². The van der Waals surface area contributed by atoms with E-state index in [9.17, 15) is 4.39 Å². The number of halogens is 1. The van der Waals surface area contributed by atoms with Gasteiger partial charge in [0.1, 0.15) is 0 Å². The van der Waals surface area contributed by atoms with Crippen LogP contribution in [0.3, 0.4) is 0 Å². The van der Waals surface area contributed by atoms with Gasteiger partial charge in [-0.05, 0) is 56.6 Å². The van der Waals surface area contributed by atoms with E-state index in [2.05, 4.69) is 131 Å². The van der Waals surface area contributed by atoms with Crippen LogP contribution in [-0.4, -0.2) is 16.8 Å². The average Bonchev–Trinajstić information content (AvgIpc) is 3.66. The molecule has 0 aliphatic carbocycles. The zero-order valence-corrected chi connectivity index (χ0v) is 33.2. The maximum Gasteiger partial charge on any atom is 3.00 e. The van der Waals surface area contributed by atoms with Gasteiger partial charge in [0.2, 0.25) is 0 Å². The van der Waals surface area contributed by atoms with Crippen LogP contribution in [0.2, 0.25) is 0 Å². The molecule has 3 heterocycles. The van der Waals surface area contributed by atoms with Gasteiger partial charge in [0, 0.05) is 29.5 Å². The predicted molar refractivity (Wildman–Crippen MR) is 204 cm³/mol. The van der Waals surface area contributed by atoms with Crippen molar-refractivity contribution in [2.24, 2.45) is 0 Å². The minimum absolute atomic E-state index is 0. The van der Waals surface area contributed by atoms with Crippen molar-refractivity contribution in [1.82, 2.24) is 9.78 Å². The number of hydrogen-bond acceptors (Lipinski definition) is 2. The van der Waals surface area contributed by atoms with E-state index in [0.29, 0.717) is 0 Å². The summed E-state index contributed by atoms with van der Waals surface area (Å²) in [4.78, 5) is 2.07. The van der Waals surface area contributed by atoms with Crippen LogP contribution in [0.5, 0.6) is 0 Å². The molecule has 6 heteroatoms. The van der Waals surface area contributed by atoms with E-state index in [1.165, 1.54) is 67.9 Å². The van der Waals surface area contributed by atoms with Crippen molar-refractivity contribution in [1.29, 1.82) is 0 Å². The quantitative estimate of drug-likeness (QED) is 0.166. The molecule has 2 aliphatic rings. The first kappa shape index (κ1) is 36.3. The van der Waals surface area contributed by atoms with Crippen LogP contribution >= 0.6 is 0 Å². The maximum atomic E-state index is 12.9. The monoisotopic (exact) mass is 852 g/mol. The number of benzene rings is 5. The van der Waals surface area contributed by atoms with Crippen LogP contribution in [0.25, 0.3) is 33.3 Å². The van der Waals surface area contributed by atoms with E-state index >= 15 is 0 Å². The third-order valence-electron chi connectivity index (χ3n) is 10.8. The van der Waals surface area contributed by atoms with Crippen molar-refractivity contribution >= 4 is 11.4 Å². The fraction of sp³-hybridized carbons (Fsp3) is 0.267. The second-order valence-electron chi connectivity index (χ2n) is 15.0. The average molecular weight is 852 g/mol. The molecule has 0 saturated carbocycles. The first-order valence-electron chi connectivity index (χ1n) is 17.3.